The quantitative estimate of drug-likeness (QED) is 0.660. The molecule has 0 spiro atoms. The molecule has 0 radical (unpaired) electrons. The van der Waals surface area contributed by atoms with Crippen molar-refractivity contribution in [3.8, 4) is 0 Å². The maximum absolute atomic E-state index is 11.3. The number of furan rings is 1. The molecule has 0 aromatic carbocycles. The second kappa shape index (κ2) is 6.43. The van der Waals surface area contributed by atoms with Gasteiger partial charge in [0.05, 0.1) is 13.7 Å². The standard InChI is InChI=1S/C11H14N2O6/c1-6-8(10(15)16)3-7(19-6)4-12-11(17)13-5-9(14)18-2/h3H,4-5H2,1-2H3,(H,15,16)(H2,12,13,17). The zero-order valence-corrected chi connectivity index (χ0v) is 10.5. The van der Waals surface area contributed by atoms with E-state index in [9.17, 15) is 14.4 Å². The first-order valence-corrected chi connectivity index (χ1v) is 5.35. The molecule has 104 valence electrons. The highest BCUT2D eigenvalue weighted by molar-refractivity contribution is 5.88. The second-order valence-electron chi connectivity index (χ2n) is 3.60. The first-order valence-electron chi connectivity index (χ1n) is 5.35. The molecule has 1 heterocycles. The van der Waals surface area contributed by atoms with Gasteiger partial charge in [-0.05, 0) is 13.0 Å². The van der Waals surface area contributed by atoms with Gasteiger partial charge in [-0.1, -0.05) is 0 Å². The smallest absolute Gasteiger partial charge is 0.339 e. The van der Waals surface area contributed by atoms with Crippen LogP contribution in [0.1, 0.15) is 21.9 Å². The Morgan fingerprint density at radius 3 is 2.58 bits per heavy atom. The fraction of sp³-hybridized carbons (Fsp3) is 0.364. The third-order valence-electron chi connectivity index (χ3n) is 2.24. The maximum atomic E-state index is 11.3. The molecule has 3 N–H and O–H groups in total. The molecule has 0 fully saturated rings. The van der Waals surface area contributed by atoms with Gasteiger partial charge in [-0.2, -0.15) is 0 Å². The highest BCUT2D eigenvalue weighted by atomic mass is 16.5. The lowest BCUT2D eigenvalue weighted by Crippen LogP contribution is -2.38. The van der Waals surface area contributed by atoms with Gasteiger partial charge in [-0.15, -0.1) is 0 Å². The Bertz CT molecular complexity index is 493. The number of hydrogen-bond acceptors (Lipinski definition) is 5. The van der Waals surface area contributed by atoms with Crippen LogP contribution in [-0.2, 0) is 16.1 Å². The first kappa shape index (κ1) is 14.6. The molecule has 0 aliphatic carbocycles. The Morgan fingerprint density at radius 2 is 2.05 bits per heavy atom. The molecule has 0 atom stereocenters. The van der Waals surface area contributed by atoms with E-state index in [-0.39, 0.29) is 24.4 Å². The monoisotopic (exact) mass is 270 g/mol. The summed E-state index contributed by atoms with van der Waals surface area (Å²) < 4.78 is 9.50. The largest absolute Gasteiger partial charge is 0.478 e. The molecule has 19 heavy (non-hydrogen) atoms. The van der Waals surface area contributed by atoms with Gasteiger partial charge in [0.2, 0.25) is 0 Å². The van der Waals surface area contributed by atoms with Gasteiger partial charge in [0.1, 0.15) is 23.6 Å². The van der Waals surface area contributed by atoms with Gasteiger partial charge >= 0.3 is 18.0 Å². The number of carboxylic acid groups (broad SMARTS) is 1. The minimum atomic E-state index is -1.09. The number of urea groups is 1. The number of hydrogen-bond donors (Lipinski definition) is 3. The van der Waals surface area contributed by atoms with E-state index in [1.54, 1.807) is 0 Å². The molecular weight excluding hydrogens is 256 g/mol. The van der Waals surface area contributed by atoms with Crippen LogP contribution in [-0.4, -0.2) is 36.7 Å². The number of methoxy groups -OCH3 is 1. The van der Waals surface area contributed by atoms with E-state index in [0.717, 1.165) is 0 Å². The van der Waals surface area contributed by atoms with Gasteiger partial charge in [0.15, 0.2) is 0 Å². The van der Waals surface area contributed by atoms with E-state index >= 15 is 0 Å². The number of amides is 2. The molecule has 1 aromatic rings. The lowest BCUT2D eigenvalue weighted by Gasteiger charge is -2.04. The van der Waals surface area contributed by atoms with Crippen LogP contribution >= 0.6 is 0 Å². The molecule has 2 amide bonds. The van der Waals surface area contributed by atoms with Crippen molar-refractivity contribution in [1.29, 1.82) is 0 Å². The molecule has 0 aliphatic rings. The Balaban J connectivity index is 2.44. The van der Waals surface area contributed by atoms with E-state index in [1.807, 2.05) is 0 Å². The highest BCUT2D eigenvalue weighted by Gasteiger charge is 2.14. The number of esters is 1. The van der Waals surface area contributed by atoms with Gasteiger partial charge in [0, 0.05) is 0 Å². The lowest BCUT2D eigenvalue weighted by molar-refractivity contribution is -0.139. The van der Waals surface area contributed by atoms with Crippen LogP contribution in [0.4, 0.5) is 4.79 Å². The molecule has 0 saturated carbocycles. The van der Waals surface area contributed by atoms with E-state index < -0.39 is 18.0 Å². The normalized spacial score (nSPS) is 9.79. The van der Waals surface area contributed by atoms with Crippen LogP contribution in [0.15, 0.2) is 10.5 Å². The summed E-state index contributed by atoms with van der Waals surface area (Å²) in [5.41, 5.74) is 0.0479. The van der Waals surface area contributed by atoms with Crippen molar-refractivity contribution in [2.24, 2.45) is 0 Å². The number of carboxylic acids is 1. The molecule has 0 saturated heterocycles. The number of carbonyl (C=O) groups is 3. The third kappa shape index (κ3) is 4.34. The summed E-state index contributed by atoms with van der Waals surface area (Å²) in [4.78, 5) is 32.8. The number of aryl methyl sites for hydroxylation is 1. The lowest BCUT2D eigenvalue weighted by atomic mass is 10.2. The summed E-state index contributed by atoms with van der Waals surface area (Å²) >= 11 is 0. The summed E-state index contributed by atoms with van der Waals surface area (Å²) in [6.07, 6.45) is 0. The minimum absolute atomic E-state index is 0.0150. The Labute approximate surface area is 108 Å². The fourth-order valence-electron chi connectivity index (χ4n) is 1.30. The van der Waals surface area contributed by atoms with Crippen molar-refractivity contribution in [3.05, 3.63) is 23.2 Å². The van der Waals surface area contributed by atoms with E-state index in [2.05, 4.69) is 15.4 Å². The van der Waals surface area contributed by atoms with Crippen molar-refractivity contribution in [2.75, 3.05) is 13.7 Å². The summed E-state index contributed by atoms with van der Waals surface area (Å²) in [5, 5.41) is 13.5. The van der Waals surface area contributed by atoms with Gasteiger partial charge in [-0.25, -0.2) is 9.59 Å². The Morgan fingerprint density at radius 1 is 1.37 bits per heavy atom. The number of ether oxygens (including phenoxy) is 1. The summed E-state index contributed by atoms with van der Waals surface area (Å²) in [6.45, 7) is 1.28. The van der Waals surface area contributed by atoms with Crippen LogP contribution in [0.5, 0.6) is 0 Å². The zero-order valence-electron chi connectivity index (χ0n) is 10.5. The number of aromatic carboxylic acids is 1. The average Bonchev–Trinajstić information content (AvgIpc) is 2.74. The number of nitrogens with one attached hydrogen (secondary N) is 2. The van der Waals surface area contributed by atoms with Crippen LogP contribution in [0.3, 0.4) is 0 Å². The summed E-state index contributed by atoms with van der Waals surface area (Å²) in [6, 6.07) is 0.745. The van der Waals surface area contributed by atoms with Crippen molar-refractivity contribution in [3.63, 3.8) is 0 Å². The van der Waals surface area contributed by atoms with Crippen LogP contribution in [0, 0.1) is 6.92 Å². The molecular formula is C11H14N2O6. The SMILES string of the molecule is COC(=O)CNC(=O)NCc1cc(C(=O)O)c(C)o1. The minimum Gasteiger partial charge on any atom is -0.478 e. The second-order valence-corrected chi connectivity index (χ2v) is 3.60. The molecule has 0 unspecified atom stereocenters. The van der Waals surface area contributed by atoms with E-state index in [0.29, 0.717) is 5.76 Å². The van der Waals surface area contributed by atoms with Crippen molar-refractivity contribution in [1.82, 2.24) is 10.6 Å². The molecule has 8 nitrogen and oxygen atoms in total. The predicted molar refractivity (Wildman–Crippen MR) is 62.7 cm³/mol. The molecule has 1 rings (SSSR count). The maximum Gasteiger partial charge on any atom is 0.339 e. The van der Waals surface area contributed by atoms with Crippen molar-refractivity contribution < 1.29 is 28.6 Å². The Hall–Kier alpha value is -2.51. The van der Waals surface area contributed by atoms with Gasteiger partial charge < -0.3 is 24.9 Å². The summed E-state index contributed by atoms with van der Waals surface area (Å²) in [7, 11) is 1.21. The Kier molecular flexibility index (Phi) is 4.92. The third-order valence-corrected chi connectivity index (χ3v) is 2.24. The number of carbonyl (C=O) groups excluding carboxylic acids is 2. The molecule has 0 aliphatic heterocycles. The van der Waals surface area contributed by atoms with Gasteiger partial charge in [-0.3, -0.25) is 4.79 Å². The molecule has 8 heteroatoms. The molecule has 0 bridgehead atoms. The fourth-order valence-corrected chi connectivity index (χ4v) is 1.30. The van der Waals surface area contributed by atoms with Crippen LogP contribution < -0.4 is 10.6 Å². The van der Waals surface area contributed by atoms with Crippen molar-refractivity contribution in [2.45, 2.75) is 13.5 Å². The zero-order chi connectivity index (χ0) is 14.4. The number of rotatable bonds is 5. The topological polar surface area (TPSA) is 118 Å². The predicted octanol–water partition coefficient (Wildman–Crippen LogP) is 0.258. The molecule has 1 aromatic heterocycles. The summed E-state index contributed by atoms with van der Waals surface area (Å²) in [5.74, 6) is -1.10. The van der Waals surface area contributed by atoms with Crippen molar-refractivity contribution >= 4 is 18.0 Å². The van der Waals surface area contributed by atoms with Crippen LogP contribution in [0.25, 0.3) is 0 Å². The average molecular weight is 270 g/mol. The van der Waals surface area contributed by atoms with Crippen LogP contribution in [0.2, 0.25) is 0 Å². The first-order chi connectivity index (χ1) is 8.93. The van der Waals surface area contributed by atoms with E-state index in [4.69, 9.17) is 9.52 Å². The highest BCUT2D eigenvalue weighted by Crippen LogP contribution is 2.14. The van der Waals surface area contributed by atoms with E-state index in [1.165, 1.54) is 20.1 Å². The van der Waals surface area contributed by atoms with Gasteiger partial charge in [0.25, 0.3) is 0 Å².